The monoisotopic (exact) mass is 356 g/mol. The summed E-state index contributed by atoms with van der Waals surface area (Å²) in [6.45, 7) is 0. The van der Waals surface area contributed by atoms with Gasteiger partial charge in [-0.15, -0.1) is 0 Å². The molecule has 0 aliphatic carbocycles. The number of pyridine rings is 1. The Labute approximate surface area is 146 Å². The Bertz CT molecular complexity index is 1060. The number of hydrogen-bond acceptors (Lipinski definition) is 5. The lowest BCUT2D eigenvalue weighted by molar-refractivity contribution is 0.843. The zero-order valence-electron chi connectivity index (χ0n) is 12.2. The topological polar surface area (TPSA) is 82.5 Å². The summed E-state index contributed by atoms with van der Waals surface area (Å²) < 4.78 is 1.53. The Balaban J connectivity index is 1.97. The summed E-state index contributed by atoms with van der Waals surface area (Å²) >= 11 is 12.3. The molecule has 0 aliphatic heterocycles. The quantitative estimate of drug-likeness (QED) is 0.591. The Hall–Kier alpha value is -2.70. The van der Waals surface area contributed by atoms with Crippen molar-refractivity contribution in [3.05, 3.63) is 59.1 Å². The first-order valence-corrected chi connectivity index (χ1v) is 7.76. The predicted molar refractivity (Wildman–Crippen MR) is 94.3 cm³/mol. The van der Waals surface area contributed by atoms with Gasteiger partial charge in [0.15, 0.2) is 11.0 Å². The van der Waals surface area contributed by atoms with Gasteiger partial charge in [0, 0.05) is 23.3 Å². The first-order chi connectivity index (χ1) is 11.6. The zero-order chi connectivity index (χ0) is 16.7. The van der Waals surface area contributed by atoms with Crippen LogP contribution >= 0.6 is 23.2 Å². The minimum atomic E-state index is 0.286. The molecule has 24 heavy (non-hydrogen) atoms. The number of benzene rings is 1. The van der Waals surface area contributed by atoms with Gasteiger partial charge in [0.2, 0.25) is 0 Å². The minimum Gasteiger partial charge on any atom is -0.382 e. The molecule has 0 saturated heterocycles. The van der Waals surface area contributed by atoms with Gasteiger partial charge in [-0.3, -0.25) is 4.98 Å². The second kappa shape index (κ2) is 5.74. The van der Waals surface area contributed by atoms with E-state index in [1.54, 1.807) is 24.5 Å². The number of nitrogen functional groups attached to an aromatic ring is 1. The van der Waals surface area contributed by atoms with Gasteiger partial charge in [-0.25, -0.2) is 14.6 Å². The predicted octanol–water partition coefficient (Wildman–Crippen LogP) is 3.77. The van der Waals surface area contributed by atoms with Gasteiger partial charge in [-0.2, -0.15) is 5.10 Å². The molecule has 4 aromatic rings. The van der Waals surface area contributed by atoms with Crippen molar-refractivity contribution in [1.29, 1.82) is 0 Å². The molecule has 0 spiro atoms. The van der Waals surface area contributed by atoms with Gasteiger partial charge in [-0.05, 0) is 24.3 Å². The summed E-state index contributed by atoms with van der Waals surface area (Å²) in [5.74, 6) is 0.759. The van der Waals surface area contributed by atoms with Crippen molar-refractivity contribution in [3.8, 4) is 17.1 Å². The standard InChI is InChI=1S/C16H10Cl2N6/c17-11-7-10(6-9-2-1-4-20-14(9)11)15-16(22-13(19)8-21-15)24-5-3-12(18)23-24/h1-8H,(H2,19,22). The highest BCUT2D eigenvalue weighted by molar-refractivity contribution is 6.35. The average Bonchev–Trinajstić information content (AvgIpc) is 3.01. The number of anilines is 1. The van der Waals surface area contributed by atoms with Gasteiger partial charge >= 0.3 is 0 Å². The lowest BCUT2D eigenvalue weighted by Gasteiger charge is -2.10. The third-order valence-electron chi connectivity index (χ3n) is 3.48. The molecular formula is C16H10Cl2N6. The Morgan fingerprint density at radius 1 is 1.08 bits per heavy atom. The van der Waals surface area contributed by atoms with Crippen molar-refractivity contribution in [1.82, 2.24) is 24.7 Å². The van der Waals surface area contributed by atoms with Crippen molar-refractivity contribution in [3.63, 3.8) is 0 Å². The van der Waals surface area contributed by atoms with Crippen LogP contribution in [0.4, 0.5) is 5.82 Å². The molecule has 4 rings (SSSR count). The fourth-order valence-electron chi connectivity index (χ4n) is 2.46. The zero-order valence-corrected chi connectivity index (χ0v) is 13.7. The average molecular weight is 357 g/mol. The number of fused-ring (bicyclic) bond motifs is 1. The summed E-state index contributed by atoms with van der Waals surface area (Å²) in [4.78, 5) is 13.0. The van der Waals surface area contributed by atoms with Crippen molar-refractivity contribution < 1.29 is 0 Å². The molecule has 0 amide bonds. The van der Waals surface area contributed by atoms with Crippen molar-refractivity contribution in [2.24, 2.45) is 0 Å². The van der Waals surface area contributed by atoms with E-state index in [1.165, 1.54) is 10.9 Å². The number of nitrogens with zero attached hydrogens (tertiary/aromatic N) is 5. The van der Waals surface area contributed by atoms with E-state index in [1.807, 2.05) is 18.2 Å². The largest absolute Gasteiger partial charge is 0.382 e. The molecule has 8 heteroatoms. The van der Waals surface area contributed by atoms with Crippen LogP contribution in [0.15, 0.2) is 48.9 Å². The van der Waals surface area contributed by atoms with Gasteiger partial charge in [0.25, 0.3) is 0 Å². The number of nitrogens with two attached hydrogens (primary N) is 1. The molecule has 0 saturated carbocycles. The smallest absolute Gasteiger partial charge is 0.182 e. The van der Waals surface area contributed by atoms with Gasteiger partial charge in [-0.1, -0.05) is 29.3 Å². The van der Waals surface area contributed by atoms with Crippen LogP contribution in [-0.2, 0) is 0 Å². The van der Waals surface area contributed by atoms with Gasteiger partial charge < -0.3 is 5.73 Å². The number of rotatable bonds is 2. The first kappa shape index (κ1) is 14.9. The molecular weight excluding hydrogens is 347 g/mol. The van der Waals surface area contributed by atoms with Crippen LogP contribution < -0.4 is 5.73 Å². The van der Waals surface area contributed by atoms with Crippen LogP contribution in [0.25, 0.3) is 28.0 Å². The van der Waals surface area contributed by atoms with Crippen LogP contribution in [0, 0.1) is 0 Å². The normalized spacial score (nSPS) is 11.1. The molecule has 3 aromatic heterocycles. The Kier molecular flexibility index (Phi) is 3.55. The highest BCUT2D eigenvalue weighted by Gasteiger charge is 2.14. The lowest BCUT2D eigenvalue weighted by atomic mass is 10.1. The van der Waals surface area contributed by atoms with Crippen molar-refractivity contribution in [2.75, 3.05) is 5.73 Å². The number of aromatic nitrogens is 5. The Morgan fingerprint density at radius 2 is 1.96 bits per heavy atom. The van der Waals surface area contributed by atoms with E-state index in [4.69, 9.17) is 28.9 Å². The van der Waals surface area contributed by atoms with E-state index in [-0.39, 0.29) is 5.82 Å². The maximum atomic E-state index is 6.37. The molecule has 0 aliphatic rings. The molecule has 1 aromatic carbocycles. The molecule has 3 heterocycles. The van der Waals surface area contributed by atoms with Crippen LogP contribution in [0.1, 0.15) is 0 Å². The number of hydrogen-bond donors (Lipinski definition) is 1. The maximum Gasteiger partial charge on any atom is 0.182 e. The fourth-order valence-corrected chi connectivity index (χ4v) is 2.87. The summed E-state index contributed by atoms with van der Waals surface area (Å²) in [5, 5.41) is 5.96. The van der Waals surface area contributed by atoms with Crippen LogP contribution in [0.5, 0.6) is 0 Å². The number of halogens is 2. The third kappa shape index (κ3) is 2.55. The molecule has 118 valence electrons. The van der Waals surface area contributed by atoms with E-state index >= 15 is 0 Å². The summed E-state index contributed by atoms with van der Waals surface area (Å²) in [7, 11) is 0. The summed E-state index contributed by atoms with van der Waals surface area (Å²) in [6.07, 6.45) is 4.89. The highest BCUT2D eigenvalue weighted by Crippen LogP contribution is 2.31. The molecule has 6 nitrogen and oxygen atoms in total. The minimum absolute atomic E-state index is 0.286. The van der Waals surface area contributed by atoms with E-state index in [2.05, 4.69) is 20.1 Å². The van der Waals surface area contributed by atoms with Gasteiger partial charge in [0.05, 0.1) is 16.7 Å². The molecule has 0 fully saturated rings. The van der Waals surface area contributed by atoms with E-state index in [0.717, 1.165) is 16.5 Å². The molecule has 0 unspecified atom stereocenters. The summed E-state index contributed by atoms with van der Waals surface area (Å²) in [5.41, 5.74) is 7.90. The van der Waals surface area contributed by atoms with Gasteiger partial charge in [0.1, 0.15) is 11.5 Å². The Morgan fingerprint density at radius 3 is 2.75 bits per heavy atom. The third-order valence-corrected chi connectivity index (χ3v) is 3.97. The van der Waals surface area contributed by atoms with Crippen LogP contribution in [0.2, 0.25) is 10.2 Å². The summed E-state index contributed by atoms with van der Waals surface area (Å²) in [6, 6.07) is 9.19. The van der Waals surface area contributed by atoms with Crippen molar-refractivity contribution in [2.45, 2.75) is 0 Å². The first-order valence-electron chi connectivity index (χ1n) is 7.00. The molecule has 0 bridgehead atoms. The highest BCUT2D eigenvalue weighted by atomic mass is 35.5. The SMILES string of the molecule is Nc1cnc(-c2cc(Cl)c3ncccc3c2)c(-n2ccc(Cl)n2)n1. The van der Waals surface area contributed by atoms with Crippen molar-refractivity contribution >= 4 is 39.9 Å². The molecule has 0 atom stereocenters. The second-order valence-electron chi connectivity index (χ2n) is 5.08. The van der Waals surface area contributed by atoms with Crippen LogP contribution in [-0.4, -0.2) is 24.7 Å². The fraction of sp³-hybridized carbons (Fsp3) is 0. The maximum absolute atomic E-state index is 6.37. The lowest BCUT2D eigenvalue weighted by Crippen LogP contribution is -2.05. The molecule has 0 radical (unpaired) electrons. The van der Waals surface area contributed by atoms with E-state index in [9.17, 15) is 0 Å². The van der Waals surface area contributed by atoms with Crippen LogP contribution in [0.3, 0.4) is 0 Å². The second-order valence-corrected chi connectivity index (χ2v) is 5.88. The molecule has 2 N–H and O–H groups in total. The van der Waals surface area contributed by atoms with E-state index < -0.39 is 0 Å². The van der Waals surface area contributed by atoms with E-state index in [0.29, 0.717) is 21.7 Å².